The number of hydrogen-bond acceptors (Lipinski definition) is 7. The van der Waals surface area contributed by atoms with Crippen molar-refractivity contribution >= 4 is 32.7 Å². The van der Waals surface area contributed by atoms with Crippen LogP contribution in [0.25, 0.3) is 22.4 Å². The van der Waals surface area contributed by atoms with Gasteiger partial charge in [-0.3, -0.25) is 4.79 Å². The van der Waals surface area contributed by atoms with Gasteiger partial charge in [0.2, 0.25) is 15.9 Å². The molecule has 1 amide bonds. The third-order valence-corrected chi connectivity index (χ3v) is 7.15. The highest BCUT2D eigenvalue weighted by atomic mass is 32.2. The minimum atomic E-state index is -3.56. The third kappa shape index (κ3) is 4.75. The Kier molecular flexibility index (Phi) is 6.31. The van der Waals surface area contributed by atoms with E-state index >= 15 is 0 Å². The minimum absolute atomic E-state index is 0.121. The predicted octanol–water partition coefficient (Wildman–Crippen LogP) is 2.56. The Hall–Kier alpha value is -3.83. The molecule has 2 aromatic carbocycles. The molecule has 0 saturated carbocycles. The fourth-order valence-electron chi connectivity index (χ4n) is 3.46. The average Bonchev–Trinajstić information content (AvgIpc) is 3.13. The summed E-state index contributed by atoms with van der Waals surface area (Å²) >= 11 is 0. The van der Waals surface area contributed by atoms with Gasteiger partial charge < -0.3 is 15.0 Å². The van der Waals surface area contributed by atoms with E-state index in [-0.39, 0.29) is 23.0 Å². The maximum atomic E-state index is 12.5. The first-order valence-electron chi connectivity index (χ1n) is 10.4. The van der Waals surface area contributed by atoms with E-state index in [1.807, 2.05) is 11.6 Å². The molecular formula is C23H24N6O4S. The molecule has 34 heavy (non-hydrogen) atoms. The number of imidazole rings is 1. The lowest BCUT2D eigenvalue weighted by Gasteiger charge is -2.10. The number of aromatic nitrogens is 4. The molecule has 0 bridgehead atoms. The highest BCUT2D eigenvalue weighted by Gasteiger charge is 2.19. The van der Waals surface area contributed by atoms with Crippen LogP contribution in [0.4, 0.5) is 5.69 Å². The maximum absolute atomic E-state index is 12.5. The predicted molar refractivity (Wildman–Crippen MR) is 128 cm³/mol. The van der Waals surface area contributed by atoms with Crippen molar-refractivity contribution in [3.63, 3.8) is 0 Å². The number of aromatic hydroxyl groups is 1. The number of anilines is 1. The van der Waals surface area contributed by atoms with Crippen molar-refractivity contribution in [3.8, 4) is 17.1 Å². The van der Waals surface area contributed by atoms with Crippen LogP contribution in [0, 0.1) is 0 Å². The number of aryl methyl sites for hydroxylation is 2. The highest BCUT2D eigenvalue weighted by molar-refractivity contribution is 7.89. The largest absolute Gasteiger partial charge is 0.508 e. The van der Waals surface area contributed by atoms with Crippen LogP contribution in [-0.2, 0) is 28.3 Å². The smallest absolute Gasteiger partial charge is 0.242 e. The van der Waals surface area contributed by atoms with Gasteiger partial charge in [-0.2, -0.15) is 0 Å². The second-order valence-corrected chi connectivity index (χ2v) is 10.1. The first kappa shape index (κ1) is 23.3. The topological polar surface area (TPSA) is 130 Å². The molecule has 0 aliphatic heterocycles. The number of fused-ring (bicyclic) bond motifs is 1. The van der Waals surface area contributed by atoms with E-state index in [0.29, 0.717) is 34.8 Å². The Morgan fingerprint density at radius 2 is 1.85 bits per heavy atom. The number of carbonyl (C=O) groups is 1. The van der Waals surface area contributed by atoms with Crippen LogP contribution in [0.1, 0.15) is 12.2 Å². The summed E-state index contributed by atoms with van der Waals surface area (Å²) in [5, 5.41) is 12.4. The molecule has 0 unspecified atom stereocenters. The summed E-state index contributed by atoms with van der Waals surface area (Å²) in [4.78, 5) is 25.6. The summed E-state index contributed by atoms with van der Waals surface area (Å²) in [5.74, 6) is 0.997. The average molecular weight is 481 g/mol. The fourth-order valence-corrected chi connectivity index (χ4v) is 4.38. The molecule has 4 aromatic rings. The van der Waals surface area contributed by atoms with Crippen molar-refractivity contribution in [2.45, 2.75) is 17.7 Å². The number of amides is 1. The lowest BCUT2D eigenvalue weighted by Crippen LogP contribution is -2.22. The van der Waals surface area contributed by atoms with E-state index in [4.69, 9.17) is 0 Å². The molecule has 0 atom stereocenters. The molecule has 0 aliphatic carbocycles. The van der Waals surface area contributed by atoms with Gasteiger partial charge in [0.25, 0.3) is 0 Å². The Morgan fingerprint density at radius 3 is 2.53 bits per heavy atom. The third-order valence-electron chi connectivity index (χ3n) is 5.34. The Bertz CT molecular complexity index is 1460. The molecule has 2 heterocycles. The zero-order valence-electron chi connectivity index (χ0n) is 18.9. The molecule has 2 N–H and O–H groups in total. The van der Waals surface area contributed by atoms with Gasteiger partial charge in [-0.05, 0) is 30.3 Å². The van der Waals surface area contributed by atoms with E-state index in [2.05, 4.69) is 20.3 Å². The monoisotopic (exact) mass is 480 g/mol. The summed E-state index contributed by atoms with van der Waals surface area (Å²) in [6.45, 7) is 0. The first-order valence-corrected chi connectivity index (χ1v) is 11.9. The van der Waals surface area contributed by atoms with Crippen molar-refractivity contribution in [3.05, 3.63) is 60.7 Å². The number of nitrogens with one attached hydrogen (secondary N) is 1. The molecule has 0 radical (unpaired) electrons. The number of carbonyl (C=O) groups excluding carboxylic acids is 1. The van der Waals surface area contributed by atoms with E-state index in [9.17, 15) is 18.3 Å². The van der Waals surface area contributed by atoms with Crippen molar-refractivity contribution in [2.75, 3.05) is 19.4 Å². The van der Waals surface area contributed by atoms with Crippen LogP contribution < -0.4 is 5.32 Å². The quantitative estimate of drug-likeness (QED) is 0.416. The van der Waals surface area contributed by atoms with Gasteiger partial charge in [-0.1, -0.05) is 12.1 Å². The van der Waals surface area contributed by atoms with E-state index in [1.54, 1.807) is 42.5 Å². The molecule has 2 aromatic heterocycles. The molecule has 176 valence electrons. The number of hydrogen-bond donors (Lipinski definition) is 2. The van der Waals surface area contributed by atoms with Crippen LogP contribution in [0.5, 0.6) is 5.75 Å². The molecule has 11 heteroatoms. The van der Waals surface area contributed by atoms with Gasteiger partial charge in [-0.15, -0.1) is 0 Å². The Morgan fingerprint density at radius 1 is 1.12 bits per heavy atom. The number of sulfonamides is 1. The second-order valence-electron chi connectivity index (χ2n) is 7.92. The number of phenolic OH excluding ortho intramolecular Hbond substituents is 1. The summed E-state index contributed by atoms with van der Waals surface area (Å²) in [6, 6.07) is 11.4. The maximum Gasteiger partial charge on any atom is 0.242 e. The number of benzene rings is 2. The number of phenols is 1. The van der Waals surface area contributed by atoms with Crippen LogP contribution >= 0.6 is 0 Å². The fraction of sp³-hybridized carbons (Fsp3) is 0.217. The molecule has 0 aliphatic rings. The molecule has 0 fully saturated rings. The normalized spacial score (nSPS) is 11.8. The zero-order valence-corrected chi connectivity index (χ0v) is 19.7. The van der Waals surface area contributed by atoms with Gasteiger partial charge in [0.1, 0.15) is 11.6 Å². The van der Waals surface area contributed by atoms with E-state index in [0.717, 1.165) is 9.82 Å². The summed E-state index contributed by atoms with van der Waals surface area (Å²) in [6.07, 6.45) is 3.56. The van der Waals surface area contributed by atoms with E-state index in [1.165, 1.54) is 26.5 Å². The molecule has 4 rings (SSSR count). The standard InChI is InChI=1S/C23H24N6O4S/c1-28(2)34(32,33)18-7-8-20-19(12-18)27-21(29(20)3)9-10-22(31)26-16-13-24-23(25-14-16)15-5-4-6-17(30)11-15/h4-8,11-14,30H,9-10H2,1-3H3,(H,26,31). The van der Waals surface area contributed by atoms with Crippen molar-refractivity contribution in [1.82, 2.24) is 23.8 Å². The van der Waals surface area contributed by atoms with Gasteiger partial charge in [0.05, 0.1) is 34.0 Å². The highest BCUT2D eigenvalue weighted by Crippen LogP contribution is 2.22. The van der Waals surface area contributed by atoms with Gasteiger partial charge in [0, 0.05) is 39.5 Å². The Balaban J connectivity index is 1.42. The van der Waals surface area contributed by atoms with Crippen LogP contribution in [0.3, 0.4) is 0 Å². The molecule has 10 nitrogen and oxygen atoms in total. The van der Waals surface area contributed by atoms with Crippen molar-refractivity contribution < 1.29 is 18.3 Å². The molecule has 0 spiro atoms. The molecule has 0 saturated heterocycles. The summed E-state index contributed by atoms with van der Waals surface area (Å²) < 4.78 is 27.8. The van der Waals surface area contributed by atoms with Crippen molar-refractivity contribution in [1.29, 1.82) is 0 Å². The van der Waals surface area contributed by atoms with Crippen LogP contribution in [0.2, 0.25) is 0 Å². The Labute approximate surface area is 197 Å². The van der Waals surface area contributed by atoms with Gasteiger partial charge >= 0.3 is 0 Å². The summed E-state index contributed by atoms with van der Waals surface area (Å²) in [7, 11) is 1.23. The van der Waals surface area contributed by atoms with E-state index < -0.39 is 10.0 Å². The van der Waals surface area contributed by atoms with Crippen LogP contribution in [-0.4, -0.2) is 57.4 Å². The lowest BCUT2D eigenvalue weighted by molar-refractivity contribution is -0.116. The minimum Gasteiger partial charge on any atom is -0.508 e. The van der Waals surface area contributed by atoms with Crippen molar-refractivity contribution in [2.24, 2.45) is 7.05 Å². The van der Waals surface area contributed by atoms with Gasteiger partial charge in [-0.25, -0.2) is 27.7 Å². The SMILES string of the molecule is CN(C)S(=O)(=O)c1ccc2c(c1)nc(CCC(=O)Nc1cnc(-c3cccc(O)c3)nc1)n2C. The number of nitrogens with zero attached hydrogens (tertiary/aromatic N) is 5. The molecular weight excluding hydrogens is 456 g/mol. The lowest BCUT2D eigenvalue weighted by atomic mass is 10.2. The second kappa shape index (κ2) is 9.20. The van der Waals surface area contributed by atoms with Gasteiger partial charge in [0.15, 0.2) is 5.82 Å². The first-order chi connectivity index (χ1) is 16.1. The zero-order chi connectivity index (χ0) is 24.5. The van der Waals surface area contributed by atoms with Crippen LogP contribution in [0.15, 0.2) is 59.8 Å². The summed E-state index contributed by atoms with van der Waals surface area (Å²) in [5.41, 5.74) is 2.46. The number of rotatable bonds is 7.